The van der Waals surface area contributed by atoms with Crippen molar-refractivity contribution in [1.82, 2.24) is 0 Å². The van der Waals surface area contributed by atoms with Crippen LogP contribution in [0.15, 0.2) is 53.4 Å². The predicted octanol–water partition coefficient (Wildman–Crippen LogP) is 4.58. The van der Waals surface area contributed by atoms with Gasteiger partial charge in [-0.15, -0.1) is 0 Å². The molecule has 0 aliphatic carbocycles. The average Bonchev–Trinajstić information content (AvgIpc) is 2.94. The summed E-state index contributed by atoms with van der Waals surface area (Å²) in [7, 11) is 0. The van der Waals surface area contributed by atoms with E-state index in [1.165, 1.54) is 28.8 Å². The van der Waals surface area contributed by atoms with Gasteiger partial charge in [-0.1, -0.05) is 43.0 Å². The summed E-state index contributed by atoms with van der Waals surface area (Å²) in [5.41, 5.74) is 1.58. The van der Waals surface area contributed by atoms with Crippen molar-refractivity contribution in [1.29, 1.82) is 0 Å². The highest BCUT2D eigenvalue weighted by molar-refractivity contribution is 8.27. The Morgan fingerprint density at radius 2 is 1.85 bits per heavy atom. The number of carboxylic acids is 1. The van der Waals surface area contributed by atoms with Gasteiger partial charge < -0.3 is 9.84 Å². The summed E-state index contributed by atoms with van der Waals surface area (Å²) in [6.45, 7) is 2.71. The summed E-state index contributed by atoms with van der Waals surface area (Å²) in [6, 6.07) is 13.6. The van der Waals surface area contributed by atoms with E-state index in [4.69, 9.17) is 22.1 Å². The highest BCUT2D eigenvalue weighted by Crippen LogP contribution is 2.36. The summed E-state index contributed by atoms with van der Waals surface area (Å²) in [5, 5.41) is 8.99. The molecule has 1 saturated heterocycles. The molecule has 0 bridgehead atoms. The van der Waals surface area contributed by atoms with E-state index in [2.05, 4.69) is 0 Å². The van der Waals surface area contributed by atoms with Crippen molar-refractivity contribution in [2.45, 2.75) is 13.3 Å². The van der Waals surface area contributed by atoms with Crippen molar-refractivity contribution in [2.75, 3.05) is 11.5 Å². The molecule has 1 aliphatic rings. The van der Waals surface area contributed by atoms with Crippen LogP contribution < -0.4 is 9.64 Å². The smallest absolute Gasteiger partial charge is 0.335 e. The normalized spacial score (nSPS) is 15.4. The Hall–Kier alpha value is -2.64. The van der Waals surface area contributed by atoms with Crippen LogP contribution in [0.3, 0.4) is 0 Å². The topological polar surface area (TPSA) is 66.8 Å². The number of carbonyl (C=O) groups is 2. The van der Waals surface area contributed by atoms with Crippen LogP contribution in [0.5, 0.6) is 5.75 Å². The molecule has 5 nitrogen and oxygen atoms in total. The van der Waals surface area contributed by atoms with Crippen LogP contribution in [-0.4, -0.2) is 27.9 Å². The number of carboxylic acid groups (broad SMARTS) is 1. The van der Waals surface area contributed by atoms with Crippen LogP contribution in [-0.2, 0) is 4.79 Å². The number of nitrogens with zero attached hydrogens (tertiary/aromatic N) is 1. The second kappa shape index (κ2) is 8.37. The number of benzene rings is 2. The first kappa shape index (κ1) is 19.1. The van der Waals surface area contributed by atoms with Crippen molar-refractivity contribution >= 4 is 51.9 Å². The van der Waals surface area contributed by atoms with Gasteiger partial charge in [-0.3, -0.25) is 9.69 Å². The lowest BCUT2D eigenvalue weighted by Gasteiger charge is -2.14. The highest BCUT2D eigenvalue weighted by Gasteiger charge is 2.33. The van der Waals surface area contributed by atoms with Crippen molar-refractivity contribution in [3.63, 3.8) is 0 Å². The summed E-state index contributed by atoms with van der Waals surface area (Å²) < 4.78 is 5.97. The van der Waals surface area contributed by atoms with Gasteiger partial charge in [0.2, 0.25) is 0 Å². The molecule has 2 aromatic rings. The van der Waals surface area contributed by atoms with Crippen LogP contribution >= 0.6 is 24.0 Å². The number of thiocarbonyl (C=S) groups is 1. The second-order valence-corrected chi connectivity index (χ2v) is 7.46. The monoisotopic (exact) mass is 399 g/mol. The van der Waals surface area contributed by atoms with Gasteiger partial charge in [0.05, 0.1) is 22.8 Å². The number of anilines is 1. The van der Waals surface area contributed by atoms with E-state index >= 15 is 0 Å². The molecule has 27 heavy (non-hydrogen) atoms. The zero-order valence-corrected chi connectivity index (χ0v) is 16.2. The number of aromatic carboxylic acids is 1. The van der Waals surface area contributed by atoms with Crippen molar-refractivity contribution in [2.24, 2.45) is 0 Å². The molecule has 1 aliphatic heterocycles. The van der Waals surface area contributed by atoms with Crippen LogP contribution in [0.25, 0.3) is 6.08 Å². The number of amides is 1. The molecule has 0 radical (unpaired) electrons. The Morgan fingerprint density at radius 1 is 1.19 bits per heavy atom. The first-order valence-electron chi connectivity index (χ1n) is 8.34. The van der Waals surface area contributed by atoms with Gasteiger partial charge in [-0.05, 0) is 54.5 Å². The molecule has 0 saturated carbocycles. The lowest BCUT2D eigenvalue weighted by atomic mass is 10.2. The molecule has 1 heterocycles. The van der Waals surface area contributed by atoms with Gasteiger partial charge in [0.15, 0.2) is 4.32 Å². The fraction of sp³-hybridized carbons (Fsp3) is 0.150. The molecule has 0 spiro atoms. The largest absolute Gasteiger partial charge is 0.494 e. The summed E-state index contributed by atoms with van der Waals surface area (Å²) in [4.78, 5) is 25.7. The Morgan fingerprint density at radius 3 is 2.44 bits per heavy atom. The molecular weight excluding hydrogens is 382 g/mol. The van der Waals surface area contributed by atoms with Gasteiger partial charge in [-0.2, -0.15) is 0 Å². The molecule has 0 aromatic heterocycles. The van der Waals surface area contributed by atoms with Crippen molar-refractivity contribution in [3.8, 4) is 5.75 Å². The number of hydrogen-bond acceptors (Lipinski definition) is 5. The maximum atomic E-state index is 12.8. The second-order valence-electron chi connectivity index (χ2n) is 5.79. The van der Waals surface area contributed by atoms with E-state index < -0.39 is 5.97 Å². The quantitative estimate of drug-likeness (QED) is 0.567. The molecule has 0 atom stereocenters. The van der Waals surface area contributed by atoms with Gasteiger partial charge in [0, 0.05) is 0 Å². The Bertz CT molecular complexity index is 905. The predicted molar refractivity (Wildman–Crippen MR) is 111 cm³/mol. The number of rotatable bonds is 6. The third-order valence-electron chi connectivity index (χ3n) is 3.82. The minimum absolute atomic E-state index is 0.158. The molecular formula is C20H17NO4S2. The lowest BCUT2D eigenvalue weighted by molar-refractivity contribution is -0.113. The number of thioether (sulfide) groups is 1. The fourth-order valence-electron chi connectivity index (χ4n) is 2.47. The van der Waals surface area contributed by atoms with Gasteiger partial charge in [0.25, 0.3) is 5.91 Å². The van der Waals surface area contributed by atoms with Crippen molar-refractivity contribution < 1.29 is 19.4 Å². The summed E-state index contributed by atoms with van der Waals surface area (Å²) >= 11 is 6.56. The highest BCUT2D eigenvalue weighted by atomic mass is 32.2. The zero-order chi connectivity index (χ0) is 19.4. The van der Waals surface area contributed by atoms with E-state index in [1.807, 2.05) is 31.2 Å². The minimum Gasteiger partial charge on any atom is -0.494 e. The van der Waals surface area contributed by atoms with Crippen molar-refractivity contribution in [3.05, 3.63) is 64.6 Å². The number of ether oxygens (including phenoxy) is 1. The fourth-order valence-corrected chi connectivity index (χ4v) is 3.77. The van der Waals surface area contributed by atoms with Crippen LogP contribution in [0.1, 0.15) is 29.3 Å². The van der Waals surface area contributed by atoms with Crippen LogP contribution in [0, 0.1) is 0 Å². The van der Waals surface area contributed by atoms with E-state index in [0.717, 1.165) is 17.7 Å². The maximum absolute atomic E-state index is 12.8. The standard InChI is InChI=1S/C20H17NO4S2/c1-2-11-25-16-9-3-13(4-10-16)12-17-18(22)21(20(26)27-17)15-7-5-14(6-8-15)19(23)24/h3-10,12H,2,11H2,1H3,(H,23,24)/b17-12-. The molecule has 2 aromatic carbocycles. The first-order valence-corrected chi connectivity index (χ1v) is 9.56. The van der Waals surface area contributed by atoms with Gasteiger partial charge >= 0.3 is 5.97 Å². The first-order chi connectivity index (χ1) is 13.0. The third kappa shape index (κ3) is 4.37. The maximum Gasteiger partial charge on any atom is 0.335 e. The van der Waals surface area contributed by atoms with Gasteiger partial charge in [-0.25, -0.2) is 4.79 Å². The van der Waals surface area contributed by atoms with E-state index in [0.29, 0.717) is 21.5 Å². The lowest BCUT2D eigenvalue weighted by Crippen LogP contribution is -2.27. The minimum atomic E-state index is -1.02. The zero-order valence-electron chi connectivity index (χ0n) is 14.5. The summed E-state index contributed by atoms with van der Waals surface area (Å²) in [6.07, 6.45) is 2.73. The SMILES string of the molecule is CCCOc1ccc(/C=C2\SC(=S)N(c3ccc(C(=O)O)cc3)C2=O)cc1. The molecule has 3 rings (SSSR count). The molecule has 1 N–H and O–H groups in total. The third-order valence-corrected chi connectivity index (χ3v) is 5.12. The molecule has 7 heteroatoms. The molecule has 138 valence electrons. The Balaban J connectivity index is 1.78. The Kier molecular flexibility index (Phi) is 5.93. The molecule has 1 fully saturated rings. The van der Waals surface area contributed by atoms with E-state index in [1.54, 1.807) is 18.2 Å². The number of carbonyl (C=O) groups excluding carboxylic acids is 1. The van der Waals surface area contributed by atoms with Crippen LogP contribution in [0.2, 0.25) is 0 Å². The van der Waals surface area contributed by atoms with Crippen LogP contribution in [0.4, 0.5) is 5.69 Å². The van der Waals surface area contributed by atoms with E-state index in [-0.39, 0.29) is 11.5 Å². The Labute approximate surface area is 166 Å². The summed E-state index contributed by atoms with van der Waals surface area (Å²) in [5.74, 6) is -0.447. The van der Waals surface area contributed by atoms with Gasteiger partial charge in [0.1, 0.15) is 5.75 Å². The molecule has 1 amide bonds. The van der Waals surface area contributed by atoms with E-state index in [9.17, 15) is 9.59 Å². The number of hydrogen-bond donors (Lipinski definition) is 1. The average molecular weight is 399 g/mol. The molecule has 0 unspecified atom stereocenters.